The van der Waals surface area contributed by atoms with Gasteiger partial charge < -0.3 is 9.73 Å². The number of hydrogen-bond acceptors (Lipinski definition) is 4. The lowest BCUT2D eigenvalue weighted by Gasteiger charge is -2.03. The summed E-state index contributed by atoms with van der Waals surface area (Å²) in [6.45, 7) is 4.00. The summed E-state index contributed by atoms with van der Waals surface area (Å²) in [6.07, 6.45) is 0. The summed E-state index contributed by atoms with van der Waals surface area (Å²) in [4.78, 5) is 16.2. The van der Waals surface area contributed by atoms with Gasteiger partial charge in [-0.3, -0.25) is 4.79 Å². The number of hydrogen-bond donors (Lipinski definition) is 1. The van der Waals surface area contributed by atoms with Gasteiger partial charge in [-0.1, -0.05) is 48.8 Å². The molecule has 0 fully saturated rings. The normalized spacial score (nSPS) is 10.2. The molecule has 3 aromatic rings. The molecule has 2 aromatic carbocycles. The Hall–Kier alpha value is -1.69. The first-order chi connectivity index (χ1) is 11.6. The number of oxazole rings is 1. The summed E-state index contributed by atoms with van der Waals surface area (Å²) >= 11 is 12.9. The quantitative estimate of drug-likeness (QED) is 0.571. The van der Waals surface area contributed by atoms with E-state index in [1.165, 1.54) is 11.8 Å². The van der Waals surface area contributed by atoms with Gasteiger partial charge in [-0.15, -0.1) is 0 Å². The number of fused-ring (bicyclic) bond motifs is 1. The Balaban J connectivity index is 0.00000100. The average Bonchev–Trinajstić information content (AvgIpc) is 2.99. The molecule has 126 valence electrons. The van der Waals surface area contributed by atoms with Crippen molar-refractivity contribution in [3.63, 3.8) is 0 Å². The number of anilines is 1. The van der Waals surface area contributed by atoms with Crippen LogP contribution in [-0.4, -0.2) is 16.6 Å². The molecule has 0 aliphatic carbocycles. The van der Waals surface area contributed by atoms with Gasteiger partial charge in [0.2, 0.25) is 5.91 Å². The van der Waals surface area contributed by atoms with Crippen LogP contribution in [0.2, 0.25) is 10.0 Å². The van der Waals surface area contributed by atoms with Crippen LogP contribution in [0.25, 0.3) is 11.1 Å². The molecule has 1 heterocycles. The molecule has 0 spiro atoms. The van der Waals surface area contributed by atoms with E-state index in [0.717, 1.165) is 0 Å². The van der Waals surface area contributed by atoms with E-state index in [0.29, 0.717) is 32.1 Å². The Labute approximate surface area is 154 Å². The van der Waals surface area contributed by atoms with Gasteiger partial charge in [-0.2, -0.15) is 0 Å². The van der Waals surface area contributed by atoms with Crippen LogP contribution in [0.1, 0.15) is 13.8 Å². The van der Waals surface area contributed by atoms with E-state index < -0.39 is 0 Å². The maximum atomic E-state index is 11.9. The minimum absolute atomic E-state index is 0.146. The summed E-state index contributed by atoms with van der Waals surface area (Å²) in [5.74, 6) is 0.0519. The Morgan fingerprint density at radius 1 is 1.12 bits per heavy atom. The molecule has 0 aliphatic heterocycles. The number of nitrogens with zero attached hydrogens (tertiary/aromatic N) is 1. The molecular formula is C17H16Cl2N2O2S. The first-order valence-electron chi connectivity index (χ1n) is 7.34. The van der Waals surface area contributed by atoms with Crippen LogP contribution < -0.4 is 5.32 Å². The van der Waals surface area contributed by atoms with E-state index in [-0.39, 0.29) is 11.7 Å². The lowest BCUT2D eigenvalue weighted by atomic mass is 10.3. The molecule has 0 atom stereocenters. The second kappa shape index (κ2) is 8.97. The molecule has 1 N–H and O–H groups in total. The van der Waals surface area contributed by atoms with Gasteiger partial charge in [0.25, 0.3) is 5.22 Å². The third kappa shape index (κ3) is 5.16. The number of aromatic nitrogens is 1. The van der Waals surface area contributed by atoms with Crippen molar-refractivity contribution in [2.45, 2.75) is 19.1 Å². The molecule has 0 aliphatic rings. The molecule has 0 bridgehead atoms. The molecule has 24 heavy (non-hydrogen) atoms. The van der Waals surface area contributed by atoms with Crippen molar-refractivity contribution in [3.8, 4) is 0 Å². The van der Waals surface area contributed by atoms with Crippen LogP contribution in [0.3, 0.4) is 0 Å². The topological polar surface area (TPSA) is 55.1 Å². The van der Waals surface area contributed by atoms with Crippen LogP contribution in [0.4, 0.5) is 5.69 Å². The van der Waals surface area contributed by atoms with E-state index in [4.69, 9.17) is 27.6 Å². The summed E-state index contributed by atoms with van der Waals surface area (Å²) in [5.41, 5.74) is 2.01. The van der Waals surface area contributed by atoms with Crippen molar-refractivity contribution in [3.05, 3.63) is 52.5 Å². The number of amides is 1. The fraction of sp³-hybridized carbons (Fsp3) is 0.176. The minimum Gasteiger partial charge on any atom is -0.431 e. The fourth-order valence-electron chi connectivity index (χ4n) is 1.80. The molecule has 7 heteroatoms. The molecule has 0 saturated carbocycles. The number of benzene rings is 2. The van der Waals surface area contributed by atoms with Gasteiger partial charge in [0, 0.05) is 15.7 Å². The van der Waals surface area contributed by atoms with Crippen LogP contribution in [0.15, 0.2) is 52.1 Å². The number of thioether (sulfide) groups is 1. The Bertz CT molecular complexity index is 819. The van der Waals surface area contributed by atoms with Crippen LogP contribution in [0.5, 0.6) is 0 Å². The van der Waals surface area contributed by atoms with Gasteiger partial charge in [-0.05, 0) is 42.5 Å². The largest absolute Gasteiger partial charge is 0.431 e. The number of carbonyl (C=O) groups excluding carboxylic acids is 1. The van der Waals surface area contributed by atoms with E-state index in [2.05, 4.69) is 10.3 Å². The first kappa shape index (κ1) is 18.6. The third-order valence-corrected chi connectivity index (χ3v) is 4.10. The smallest absolute Gasteiger partial charge is 0.257 e. The standard InChI is InChI=1S/C15H10Cl2N2O2S.C2H6/c16-9-1-4-11(5-2-9)18-14(20)8-22-15-19-12-7-10(17)3-6-13(12)21-15;1-2/h1-7H,8H2,(H,18,20);1-2H3. The molecule has 1 amide bonds. The summed E-state index contributed by atoms with van der Waals surface area (Å²) in [5, 5.41) is 4.43. The summed E-state index contributed by atoms with van der Waals surface area (Å²) in [7, 11) is 0. The van der Waals surface area contributed by atoms with Crippen molar-refractivity contribution in [2.75, 3.05) is 11.1 Å². The van der Waals surface area contributed by atoms with Gasteiger partial charge in [-0.25, -0.2) is 4.98 Å². The first-order valence-corrected chi connectivity index (χ1v) is 9.08. The third-order valence-electron chi connectivity index (χ3n) is 2.78. The fourth-order valence-corrected chi connectivity index (χ4v) is 2.73. The second-order valence-corrected chi connectivity index (χ2v) is 6.24. The van der Waals surface area contributed by atoms with Gasteiger partial charge in [0.15, 0.2) is 5.58 Å². The number of halogens is 2. The highest BCUT2D eigenvalue weighted by Gasteiger charge is 2.10. The number of carbonyl (C=O) groups is 1. The van der Waals surface area contributed by atoms with E-state index in [1.54, 1.807) is 42.5 Å². The SMILES string of the molecule is CC.O=C(CSc1nc2cc(Cl)ccc2o1)Nc1ccc(Cl)cc1. The number of nitrogens with one attached hydrogen (secondary N) is 1. The second-order valence-electron chi connectivity index (χ2n) is 4.44. The monoisotopic (exact) mass is 382 g/mol. The molecule has 1 aromatic heterocycles. The molecule has 4 nitrogen and oxygen atoms in total. The highest BCUT2D eigenvalue weighted by molar-refractivity contribution is 7.99. The van der Waals surface area contributed by atoms with E-state index >= 15 is 0 Å². The van der Waals surface area contributed by atoms with Crippen molar-refractivity contribution in [2.24, 2.45) is 0 Å². The van der Waals surface area contributed by atoms with Gasteiger partial charge >= 0.3 is 0 Å². The summed E-state index contributed by atoms with van der Waals surface area (Å²) < 4.78 is 5.54. The number of rotatable bonds is 4. The minimum atomic E-state index is -0.146. The van der Waals surface area contributed by atoms with Crippen molar-refractivity contribution < 1.29 is 9.21 Å². The van der Waals surface area contributed by atoms with E-state index in [9.17, 15) is 4.79 Å². The predicted molar refractivity (Wildman–Crippen MR) is 101 cm³/mol. The van der Waals surface area contributed by atoms with Crippen LogP contribution >= 0.6 is 35.0 Å². The molecule has 0 unspecified atom stereocenters. The van der Waals surface area contributed by atoms with Gasteiger partial charge in [0.1, 0.15) is 5.52 Å². The highest BCUT2D eigenvalue weighted by atomic mass is 35.5. The summed E-state index contributed by atoms with van der Waals surface area (Å²) in [6, 6.07) is 12.1. The van der Waals surface area contributed by atoms with Crippen molar-refractivity contribution in [1.82, 2.24) is 4.98 Å². The molecule has 0 saturated heterocycles. The van der Waals surface area contributed by atoms with Crippen molar-refractivity contribution >= 4 is 57.7 Å². The molecule has 3 rings (SSSR count). The Morgan fingerprint density at radius 3 is 2.50 bits per heavy atom. The Kier molecular flexibility index (Phi) is 6.97. The van der Waals surface area contributed by atoms with Crippen LogP contribution in [0, 0.1) is 0 Å². The zero-order valence-electron chi connectivity index (χ0n) is 13.2. The highest BCUT2D eigenvalue weighted by Crippen LogP contribution is 2.25. The molecule has 0 radical (unpaired) electrons. The van der Waals surface area contributed by atoms with Gasteiger partial charge in [0.05, 0.1) is 5.75 Å². The van der Waals surface area contributed by atoms with Crippen molar-refractivity contribution in [1.29, 1.82) is 0 Å². The maximum absolute atomic E-state index is 11.9. The zero-order valence-corrected chi connectivity index (χ0v) is 15.5. The average molecular weight is 383 g/mol. The zero-order chi connectivity index (χ0) is 17.5. The maximum Gasteiger partial charge on any atom is 0.257 e. The van der Waals surface area contributed by atoms with E-state index in [1.807, 2.05) is 13.8 Å². The Morgan fingerprint density at radius 2 is 1.79 bits per heavy atom. The molecular weight excluding hydrogens is 367 g/mol. The lowest BCUT2D eigenvalue weighted by Crippen LogP contribution is -2.13. The lowest BCUT2D eigenvalue weighted by molar-refractivity contribution is -0.113. The van der Waals surface area contributed by atoms with Crippen LogP contribution in [-0.2, 0) is 4.79 Å². The predicted octanol–water partition coefficient (Wildman–Crippen LogP) is 5.89.